The van der Waals surface area contributed by atoms with Gasteiger partial charge in [-0.2, -0.15) is 0 Å². The van der Waals surface area contributed by atoms with Crippen LogP contribution in [0.1, 0.15) is 50.8 Å². The van der Waals surface area contributed by atoms with Crippen molar-refractivity contribution in [3.63, 3.8) is 0 Å². The average Bonchev–Trinajstić information content (AvgIpc) is 3.00. The van der Waals surface area contributed by atoms with Crippen LogP contribution in [-0.2, 0) is 17.9 Å². The molecule has 1 aliphatic rings. The van der Waals surface area contributed by atoms with Crippen LogP contribution >= 0.6 is 0 Å². The molecule has 1 aromatic heterocycles. The van der Waals surface area contributed by atoms with Crippen LogP contribution in [-0.4, -0.2) is 52.4 Å². The van der Waals surface area contributed by atoms with E-state index in [9.17, 15) is 18.4 Å². The molecule has 180 valence electrons. The third kappa shape index (κ3) is 5.24. The minimum absolute atomic E-state index is 0.195. The van der Waals surface area contributed by atoms with Crippen molar-refractivity contribution in [2.75, 3.05) is 20.1 Å². The first kappa shape index (κ1) is 24.8. The Kier molecular flexibility index (Phi) is 7.21. The molecule has 2 amide bonds. The van der Waals surface area contributed by atoms with E-state index in [4.69, 9.17) is 0 Å². The number of rotatable bonds is 5. The zero-order chi connectivity index (χ0) is 24.5. The Morgan fingerprint density at radius 2 is 1.91 bits per heavy atom. The third-order valence-electron chi connectivity index (χ3n) is 6.00. The van der Waals surface area contributed by atoms with Crippen LogP contribution in [0.4, 0.5) is 8.78 Å². The summed E-state index contributed by atoms with van der Waals surface area (Å²) < 4.78 is 29.5. The van der Waals surface area contributed by atoms with Gasteiger partial charge in [0.15, 0.2) is 17.3 Å². The predicted molar refractivity (Wildman–Crippen MR) is 122 cm³/mol. The van der Waals surface area contributed by atoms with Crippen LogP contribution in [0.25, 0.3) is 11.4 Å². The highest BCUT2D eigenvalue weighted by Gasteiger charge is 2.35. The van der Waals surface area contributed by atoms with Crippen LogP contribution in [0.15, 0.2) is 18.2 Å². The molecular formula is C24H33F2N5O2. The van der Waals surface area contributed by atoms with Gasteiger partial charge in [0.25, 0.3) is 5.91 Å². The van der Waals surface area contributed by atoms with Gasteiger partial charge >= 0.3 is 0 Å². The van der Waals surface area contributed by atoms with Crippen molar-refractivity contribution in [1.82, 2.24) is 25.1 Å². The number of benzene rings is 1. The summed E-state index contributed by atoms with van der Waals surface area (Å²) in [7, 11) is 1.53. The molecule has 0 spiro atoms. The number of hydrogen-bond acceptors (Lipinski definition) is 4. The lowest BCUT2D eigenvalue weighted by atomic mass is 9.86. The van der Waals surface area contributed by atoms with Crippen molar-refractivity contribution in [2.45, 2.75) is 53.8 Å². The van der Waals surface area contributed by atoms with Gasteiger partial charge in [-0.05, 0) is 36.1 Å². The maximum atomic E-state index is 14.0. The highest BCUT2D eigenvalue weighted by Crippen LogP contribution is 2.29. The number of amides is 2. The van der Waals surface area contributed by atoms with Crippen molar-refractivity contribution < 1.29 is 18.4 Å². The molecule has 2 atom stereocenters. The van der Waals surface area contributed by atoms with E-state index in [0.29, 0.717) is 30.2 Å². The lowest BCUT2D eigenvalue weighted by Gasteiger charge is -2.29. The summed E-state index contributed by atoms with van der Waals surface area (Å²) in [5.74, 6) is -2.02. The lowest BCUT2D eigenvalue weighted by Crippen LogP contribution is -2.53. The van der Waals surface area contributed by atoms with Crippen LogP contribution in [0.5, 0.6) is 0 Å². The molecule has 0 bridgehead atoms. The van der Waals surface area contributed by atoms with E-state index >= 15 is 0 Å². The maximum Gasteiger partial charge on any atom is 0.272 e. The fourth-order valence-electron chi connectivity index (χ4n) is 4.23. The van der Waals surface area contributed by atoms with E-state index in [1.807, 2.05) is 25.3 Å². The fraction of sp³-hybridized carbons (Fsp3) is 0.542. The van der Waals surface area contributed by atoms with Gasteiger partial charge in [-0.25, -0.2) is 13.8 Å². The molecule has 2 heterocycles. The minimum Gasteiger partial charge on any atom is -0.357 e. The molecule has 0 fully saturated rings. The Hall–Kier alpha value is -2.81. The molecule has 33 heavy (non-hydrogen) atoms. The summed E-state index contributed by atoms with van der Waals surface area (Å²) in [6.07, 6.45) is 0. The Morgan fingerprint density at radius 1 is 1.21 bits per heavy atom. The number of nitrogens with zero attached hydrogens (tertiary/aromatic N) is 3. The van der Waals surface area contributed by atoms with Gasteiger partial charge in [0.05, 0.1) is 5.69 Å². The number of carbonyl (C=O) groups excluding carboxylic acids is 2. The number of carbonyl (C=O) groups is 2. The average molecular weight is 462 g/mol. The number of likely N-dealkylation sites (N-methyl/N-ethyl adjacent to an activating group) is 1. The number of halogens is 2. The molecule has 7 nitrogen and oxygen atoms in total. The monoisotopic (exact) mass is 461 g/mol. The van der Waals surface area contributed by atoms with Gasteiger partial charge in [-0.1, -0.05) is 34.6 Å². The number of nitrogens with one attached hydrogen (secondary N) is 2. The van der Waals surface area contributed by atoms with Crippen molar-refractivity contribution in [3.8, 4) is 11.4 Å². The van der Waals surface area contributed by atoms with Crippen molar-refractivity contribution in [3.05, 3.63) is 41.2 Å². The van der Waals surface area contributed by atoms with E-state index in [-0.39, 0.29) is 17.5 Å². The molecule has 1 unspecified atom stereocenters. The largest absolute Gasteiger partial charge is 0.357 e. The van der Waals surface area contributed by atoms with Crippen LogP contribution in [0, 0.1) is 23.0 Å². The number of hydrogen-bond donors (Lipinski definition) is 2. The van der Waals surface area contributed by atoms with Crippen molar-refractivity contribution >= 4 is 11.8 Å². The first-order valence-corrected chi connectivity index (χ1v) is 11.3. The summed E-state index contributed by atoms with van der Waals surface area (Å²) in [4.78, 5) is 32.7. The zero-order valence-corrected chi connectivity index (χ0v) is 20.1. The Labute approximate surface area is 193 Å². The molecule has 2 N–H and O–H groups in total. The lowest BCUT2D eigenvalue weighted by molar-refractivity contribution is -0.124. The van der Waals surface area contributed by atoms with Gasteiger partial charge in [-0.15, -0.1) is 0 Å². The summed E-state index contributed by atoms with van der Waals surface area (Å²) in [6.45, 7) is 12.5. The Balaban J connectivity index is 2.12. The second-order valence-corrected chi connectivity index (χ2v) is 9.79. The molecule has 1 aromatic carbocycles. The molecule has 9 heteroatoms. The second kappa shape index (κ2) is 9.59. The quantitative estimate of drug-likeness (QED) is 0.717. The van der Waals surface area contributed by atoms with Crippen molar-refractivity contribution in [2.24, 2.45) is 11.3 Å². The SMILES string of the molecule is CCN1Cc2c(C(=O)N[C@H](C(=O)NC)C(C)(C)C)nc(-c3ccc(F)c(F)c3)n2CC(C)C1. The van der Waals surface area contributed by atoms with Crippen LogP contribution in [0.2, 0.25) is 0 Å². The van der Waals surface area contributed by atoms with Gasteiger partial charge in [0.1, 0.15) is 11.9 Å². The van der Waals surface area contributed by atoms with Crippen LogP contribution < -0.4 is 10.6 Å². The molecule has 0 radical (unpaired) electrons. The van der Waals surface area contributed by atoms with Gasteiger partial charge < -0.3 is 15.2 Å². The molecular weight excluding hydrogens is 428 g/mol. The third-order valence-corrected chi connectivity index (χ3v) is 6.00. The fourth-order valence-corrected chi connectivity index (χ4v) is 4.23. The van der Waals surface area contributed by atoms with E-state index in [2.05, 4.69) is 34.4 Å². The molecule has 1 aliphatic heterocycles. The zero-order valence-electron chi connectivity index (χ0n) is 20.1. The number of imidazole rings is 1. The molecule has 0 saturated heterocycles. The van der Waals surface area contributed by atoms with E-state index < -0.39 is 29.0 Å². The molecule has 0 aliphatic carbocycles. The van der Waals surface area contributed by atoms with E-state index in [1.165, 1.54) is 13.1 Å². The number of fused-ring (bicyclic) bond motifs is 1. The van der Waals surface area contributed by atoms with E-state index in [0.717, 1.165) is 25.2 Å². The van der Waals surface area contributed by atoms with Gasteiger partial charge in [-0.3, -0.25) is 14.5 Å². The minimum atomic E-state index is -0.972. The normalized spacial score (nSPS) is 17.8. The molecule has 2 aromatic rings. The molecule has 0 saturated carbocycles. The topological polar surface area (TPSA) is 79.3 Å². The first-order valence-electron chi connectivity index (χ1n) is 11.3. The summed E-state index contributed by atoms with van der Waals surface area (Å²) in [6, 6.07) is 2.85. The standard InChI is InChI=1S/C24H33F2N5O2/c1-7-30-11-14(2)12-31-18(13-30)19(22(32)29-20(23(33)27-6)24(3,4)5)28-21(31)15-8-9-16(25)17(26)10-15/h8-10,14,20H,7,11-13H2,1-6H3,(H,27,33)(H,29,32)/t14?,20-/m1/s1. The highest BCUT2D eigenvalue weighted by atomic mass is 19.2. The number of aromatic nitrogens is 2. The van der Waals surface area contributed by atoms with Crippen LogP contribution in [0.3, 0.4) is 0 Å². The van der Waals surface area contributed by atoms with Crippen molar-refractivity contribution in [1.29, 1.82) is 0 Å². The maximum absolute atomic E-state index is 14.0. The summed E-state index contributed by atoms with van der Waals surface area (Å²) >= 11 is 0. The molecule has 3 rings (SSSR count). The summed E-state index contributed by atoms with van der Waals surface area (Å²) in [5.41, 5.74) is 0.757. The predicted octanol–water partition coefficient (Wildman–Crippen LogP) is 3.19. The van der Waals surface area contributed by atoms with Gasteiger partial charge in [0.2, 0.25) is 5.91 Å². The highest BCUT2D eigenvalue weighted by molar-refractivity contribution is 5.97. The Bertz CT molecular complexity index is 1040. The van der Waals surface area contributed by atoms with E-state index in [1.54, 1.807) is 0 Å². The smallest absolute Gasteiger partial charge is 0.272 e. The van der Waals surface area contributed by atoms with Gasteiger partial charge in [0, 0.05) is 32.2 Å². The summed E-state index contributed by atoms with van der Waals surface area (Å²) in [5, 5.41) is 5.45. The Morgan fingerprint density at radius 3 is 2.48 bits per heavy atom. The second-order valence-electron chi connectivity index (χ2n) is 9.79. The first-order chi connectivity index (χ1) is 15.5.